The number of benzene rings is 3. The number of aryl methyl sites for hydroxylation is 1. The average molecular weight is 404 g/mol. The van der Waals surface area contributed by atoms with E-state index in [-0.39, 0.29) is 5.41 Å². The molecule has 29 heavy (non-hydrogen) atoms. The molecule has 150 valence electrons. The lowest BCUT2D eigenvalue weighted by atomic mass is 9.86. The molecule has 0 aliphatic heterocycles. The van der Waals surface area contributed by atoms with E-state index in [1.807, 2.05) is 19.3 Å². The fourth-order valence-corrected chi connectivity index (χ4v) is 4.60. The second-order valence-corrected chi connectivity index (χ2v) is 9.62. The van der Waals surface area contributed by atoms with Crippen LogP contribution in [0.3, 0.4) is 0 Å². The van der Waals surface area contributed by atoms with E-state index in [4.69, 9.17) is 4.74 Å². The summed E-state index contributed by atoms with van der Waals surface area (Å²) in [5.41, 5.74) is 4.97. The predicted octanol–water partition coefficient (Wildman–Crippen LogP) is 5.55. The quantitative estimate of drug-likeness (QED) is 0.391. The lowest BCUT2D eigenvalue weighted by Crippen LogP contribution is -2.18. The number of nitrogens with zero attached hydrogens (tertiary/aromatic N) is 1. The average Bonchev–Trinajstić information content (AvgIpc) is 2.69. The van der Waals surface area contributed by atoms with Crippen molar-refractivity contribution < 1.29 is 4.74 Å². The normalized spacial score (nSPS) is 12.2. The maximum atomic E-state index is 6.37. The van der Waals surface area contributed by atoms with Crippen LogP contribution in [-0.4, -0.2) is 13.3 Å². The molecule has 0 spiro atoms. The Labute approximate surface area is 176 Å². The molecule has 0 aliphatic carbocycles. The van der Waals surface area contributed by atoms with E-state index in [1.165, 1.54) is 32.9 Å². The van der Waals surface area contributed by atoms with E-state index >= 15 is 0 Å². The zero-order valence-corrected chi connectivity index (χ0v) is 19.0. The van der Waals surface area contributed by atoms with Gasteiger partial charge in [-0.1, -0.05) is 90.0 Å². The number of rotatable bonds is 6. The SMILES string of the molecule is C/N=C/c1ccccc1Pc1cc(C(C)(C)C)cc(C)c1OCc1ccccc1. The fraction of sp³-hybridized carbons (Fsp3) is 0.269. The summed E-state index contributed by atoms with van der Waals surface area (Å²) in [5.74, 6) is 1.00. The van der Waals surface area contributed by atoms with Gasteiger partial charge in [-0.15, -0.1) is 0 Å². The van der Waals surface area contributed by atoms with Crippen molar-refractivity contribution in [2.75, 3.05) is 7.05 Å². The zero-order valence-electron chi connectivity index (χ0n) is 18.0. The molecule has 0 fully saturated rings. The number of hydrogen-bond donors (Lipinski definition) is 0. The van der Waals surface area contributed by atoms with Crippen molar-refractivity contribution in [3.05, 3.63) is 89.0 Å². The molecule has 3 aromatic carbocycles. The van der Waals surface area contributed by atoms with E-state index in [1.54, 1.807) is 0 Å². The molecular formula is C26H30NOP. The van der Waals surface area contributed by atoms with E-state index in [0.29, 0.717) is 15.2 Å². The summed E-state index contributed by atoms with van der Waals surface area (Å²) < 4.78 is 6.37. The highest BCUT2D eigenvalue weighted by Crippen LogP contribution is 2.31. The minimum Gasteiger partial charge on any atom is -0.488 e. The Bertz CT molecular complexity index is 987. The molecule has 2 nitrogen and oxygen atoms in total. The Hall–Kier alpha value is -2.44. The predicted molar refractivity (Wildman–Crippen MR) is 128 cm³/mol. The van der Waals surface area contributed by atoms with Crippen molar-refractivity contribution >= 4 is 25.4 Å². The van der Waals surface area contributed by atoms with Gasteiger partial charge in [0, 0.05) is 18.6 Å². The second kappa shape index (κ2) is 9.37. The Balaban J connectivity index is 2.01. The molecule has 0 bridgehead atoms. The molecule has 0 amide bonds. The first-order chi connectivity index (χ1) is 13.9. The Kier molecular flexibility index (Phi) is 6.87. The summed E-state index contributed by atoms with van der Waals surface area (Å²) in [7, 11) is 2.33. The van der Waals surface area contributed by atoms with Crippen molar-refractivity contribution in [1.82, 2.24) is 0 Å². The summed E-state index contributed by atoms with van der Waals surface area (Å²) in [6, 6.07) is 23.4. The van der Waals surface area contributed by atoms with Gasteiger partial charge in [0.1, 0.15) is 12.4 Å². The third-order valence-electron chi connectivity index (χ3n) is 4.86. The molecule has 3 heteroatoms. The zero-order chi connectivity index (χ0) is 20.9. The highest BCUT2D eigenvalue weighted by Gasteiger charge is 2.19. The van der Waals surface area contributed by atoms with Crippen LogP contribution in [0.5, 0.6) is 5.75 Å². The molecule has 1 atom stereocenters. The molecule has 0 saturated carbocycles. The van der Waals surface area contributed by atoms with Crippen LogP contribution in [0.2, 0.25) is 0 Å². The highest BCUT2D eigenvalue weighted by molar-refractivity contribution is 7.56. The Morgan fingerprint density at radius 1 is 0.931 bits per heavy atom. The van der Waals surface area contributed by atoms with E-state index < -0.39 is 0 Å². The van der Waals surface area contributed by atoms with Gasteiger partial charge in [0.25, 0.3) is 0 Å². The molecule has 0 N–H and O–H groups in total. The van der Waals surface area contributed by atoms with Crippen LogP contribution in [0, 0.1) is 6.92 Å². The van der Waals surface area contributed by atoms with Gasteiger partial charge in [0.05, 0.1) is 0 Å². The first kappa shape index (κ1) is 21.3. The van der Waals surface area contributed by atoms with Crippen LogP contribution < -0.4 is 15.3 Å². The van der Waals surface area contributed by atoms with Gasteiger partial charge in [0.15, 0.2) is 0 Å². The van der Waals surface area contributed by atoms with Gasteiger partial charge in [-0.05, 0) is 46.0 Å². The van der Waals surface area contributed by atoms with Crippen LogP contribution in [0.25, 0.3) is 0 Å². The van der Waals surface area contributed by atoms with Gasteiger partial charge in [-0.2, -0.15) is 0 Å². The molecule has 0 heterocycles. The smallest absolute Gasteiger partial charge is 0.130 e. The van der Waals surface area contributed by atoms with Gasteiger partial charge < -0.3 is 4.74 Å². The lowest BCUT2D eigenvalue weighted by molar-refractivity contribution is 0.306. The molecule has 0 aliphatic rings. The molecule has 0 radical (unpaired) electrons. The van der Waals surface area contributed by atoms with Crippen molar-refractivity contribution in [2.45, 2.75) is 39.7 Å². The third-order valence-corrected chi connectivity index (χ3v) is 6.23. The van der Waals surface area contributed by atoms with Crippen LogP contribution in [0.4, 0.5) is 0 Å². The van der Waals surface area contributed by atoms with Gasteiger partial charge in [0.2, 0.25) is 0 Å². The van der Waals surface area contributed by atoms with Crippen LogP contribution in [0.15, 0.2) is 71.7 Å². The van der Waals surface area contributed by atoms with E-state index in [9.17, 15) is 0 Å². The standard InChI is InChI=1S/C26H30NOP/c1-19-15-22(26(2,3)4)16-24(25(19)28-18-20-11-7-6-8-12-20)29-23-14-10-9-13-21(23)17-27-5/h6-17,29H,18H2,1-5H3/b27-17+. The summed E-state index contributed by atoms with van der Waals surface area (Å²) in [4.78, 5) is 4.23. The maximum Gasteiger partial charge on any atom is 0.130 e. The summed E-state index contributed by atoms with van der Waals surface area (Å²) in [6.45, 7) is 9.51. The third kappa shape index (κ3) is 5.55. The topological polar surface area (TPSA) is 21.6 Å². The molecule has 0 saturated heterocycles. The molecule has 1 unspecified atom stereocenters. The monoisotopic (exact) mass is 403 g/mol. The van der Waals surface area contributed by atoms with Gasteiger partial charge >= 0.3 is 0 Å². The van der Waals surface area contributed by atoms with Crippen molar-refractivity contribution in [3.8, 4) is 5.75 Å². The van der Waals surface area contributed by atoms with E-state index in [0.717, 1.165) is 5.75 Å². The highest BCUT2D eigenvalue weighted by atomic mass is 31.1. The van der Waals surface area contributed by atoms with Crippen LogP contribution >= 0.6 is 8.58 Å². The molecular weight excluding hydrogens is 373 g/mol. The van der Waals surface area contributed by atoms with Gasteiger partial charge in [-0.25, -0.2) is 0 Å². The van der Waals surface area contributed by atoms with Crippen molar-refractivity contribution in [2.24, 2.45) is 4.99 Å². The molecule has 3 rings (SSSR count). The van der Waals surface area contributed by atoms with Crippen molar-refractivity contribution in [1.29, 1.82) is 0 Å². The lowest BCUT2D eigenvalue weighted by Gasteiger charge is -2.23. The van der Waals surface area contributed by atoms with E-state index in [2.05, 4.69) is 93.4 Å². The first-order valence-electron chi connectivity index (χ1n) is 9.98. The van der Waals surface area contributed by atoms with Crippen LogP contribution in [-0.2, 0) is 12.0 Å². The minimum absolute atomic E-state index is 0.0896. The summed E-state index contributed by atoms with van der Waals surface area (Å²) in [5, 5.41) is 2.54. The number of hydrogen-bond acceptors (Lipinski definition) is 2. The number of ether oxygens (including phenoxy) is 1. The fourth-order valence-electron chi connectivity index (χ4n) is 3.23. The largest absolute Gasteiger partial charge is 0.488 e. The molecule has 3 aromatic rings. The minimum atomic E-state index is 0.0896. The summed E-state index contributed by atoms with van der Waals surface area (Å²) >= 11 is 0. The van der Waals surface area contributed by atoms with Gasteiger partial charge in [-0.3, -0.25) is 4.99 Å². The summed E-state index contributed by atoms with van der Waals surface area (Å²) in [6.07, 6.45) is 1.94. The Morgan fingerprint density at radius 2 is 1.62 bits per heavy atom. The first-order valence-corrected chi connectivity index (χ1v) is 11.0. The Morgan fingerprint density at radius 3 is 2.31 bits per heavy atom. The van der Waals surface area contributed by atoms with Crippen LogP contribution in [0.1, 0.15) is 43.0 Å². The number of aliphatic imine (C=N–C) groups is 1. The second-order valence-electron chi connectivity index (χ2n) is 8.29. The maximum absolute atomic E-state index is 6.37. The molecule has 0 aromatic heterocycles. The van der Waals surface area contributed by atoms with Crippen molar-refractivity contribution in [3.63, 3.8) is 0 Å².